The highest BCUT2D eigenvalue weighted by atomic mass is 16.6. The number of likely N-dealkylation sites (tertiary alicyclic amines) is 1. The number of nitro benzene ring substituents is 1. The summed E-state index contributed by atoms with van der Waals surface area (Å²) >= 11 is 0. The molecule has 2 rings (SSSR count). The molecule has 0 saturated carbocycles. The third-order valence-electron chi connectivity index (χ3n) is 4.13. The van der Waals surface area contributed by atoms with Crippen LogP contribution in [0.3, 0.4) is 0 Å². The van der Waals surface area contributed by atoms with Gasteiger partial charge in [0.2, 0.25) is 5.91 Å². The molecule has 0 unspecified atom stereocenters. The second-order valence-electron chi connectivity index (χ2n) is 5.73. The lowest BCUT2D eigenvalue weighted by molar-refractivity contribution is -0.384. The number of nitrogens with zero attached hydrogens (tertiary/aromatic N) is 2. The standard InChI is InChI=1S/C16H23N3O4/c1-23-15-6-9-18(10-7-15)11-8-17-16(20)12-13-2-4-14(5-3-13)19(21)22/h2-5,15H,6-12H2,1H3,(H,17,20). The van der Waals surface area contributed by atoms with Gasteiger partial charge in [-0.05, 0) is 18.4 Å². The molecule has 7 nitrogen and oxygen atoms in total. The molecule has 1 heterocycles. The number of amides is 1. The second-order valence-corrected chi connectivity index (χ2v) is 5.73. The summed E-state index contributed by atoms with van der Waals surface area (Å²) in [5, 5.41) is 13.5. The molecule has 126 valence electrons. The molecule has 1 aliphatic rings. The summed E-state index contributed by atoms with van der Waals surface area (Å²) < 4.78 is 5.33. The number of carbonyl (C=O) groups excluding carboxylic acids is 1. The van der Waals surface area contributed by atoms with E-state index in [2.05, 4.69) is 10.2 Å². The van der Waals surface area contributed by atoms with Crippen LogP contribution in [0.1, 0.15) is 18.4 Å². The van der Waals surface area contributed by atoms with Gasteiger partial charge in [0.25, 0.3) is 5.69 Å². The SMILES string of the molecule is COC1CCN(CCNC(=O)Cc2ccc([N+](=O)[O-])cc2)CC1. The van der Waals surface area contributed by atoms with Crippen LogP contribution in [0, 0.1) is 10.1 Å². The van der Waals surface area contributed by atoms with Crippen LogP contribution in [-0.4, -0.2) is 55.1 Å². The maximum absolute atomic E-state index is 11.9. The van der Waals surface area contributed by atoms with Crippen LogP contribution in [0.4, 0.5) is 5.69 Å². The number of hydrogen-bond acceptors (Lipinski definition) is 5. The van der Waals surface area contributed by atoms with Crippen LogP contribution in [0.5, 0.6) is 0 Å². The molecule has 1 N–H and O–H groups in total. The van der Waals surface area contributed by atoms with Crippen LogP contribution < -0.4 is 5.32 Å². The molecule has 23 heavy (non-hydrogen) atoms. The Balaban J connectivity index is 1.66. The molecule has 0 aliphatic carbocycles. The Hall–Kier alpha value is -1.99. The molecule has 0 radical (unpaired) electrons. The van der Waals surface area contributed by atoms with Gasteiger partial charge >= 0.3 is 0 Å². The summed E-state index contributed by atoms with van der Waals surface area (Å²) in [5.41, 5.74) is 0.808. The summed E-state index contributed by atoms with van der Waals surface area (Å²) in [4.78, 5) is 24.3. The topological polar surface area (TPSA) is 84.7 Å². The molecule has 7 heteroatoms. The molecule has 1 aromatic rings. The van der Waals surface area contributed by atoms with Gasteiger partial charge in [0.1, 0.15) is 0 Å². The van der Waals surface area contributed by atoms with Gasteiger partial charge in [-0.15, -0.1) is 0 Å². The van der Waals surface area contributed by atoms with Crippen molar-refractivity contribution in [1.29, 1.82) is 0 Å². The number of rotatable bonds is 7. The van der Waals surface area contributed by atoms with Crippen LogP contribution >= 0.6 is 0 Å². The Labute approximate surface area is 135 Å². The molecule has 0 spiro atoms. The number of methoxy groups -OCH3 is 1. The number of nitro groups is 1. The number of non-ortho nitro benzene ring substituents is 1. The zero-order valence-electron chi connectivity index (χ0n) is 13.4. The highest BCUT2D eigenvalue weighted by Crippen LogP contribution is 2.13. The molecule has 0 aromatic heterocycles. The van der Waals surface area contributed by atoms with Gasteiger partial charge in [0.15, 0.2) is 0 Å². The molecule has 1 amide bonds. The quantitative estimate of drug-likeness (QED) is 0.605. The molecule has 1 fully saturated rings. The van der Waals surface area contributed by atoms with Gasteiger partial charge in [-0.1, -0.05) is 12.1 Å². The van der Waals surface area contributed by atoms with E-state index in [1.807, 2.05) is 0 Å². The van der Waals surface area contributed by atoms with E-state index < -0.39 is 4.92 Å². The van der Waals surface area contributed by atoms with E-state index in [9.17, 15) is 14.9 Å². The van der Waals surface area contributed by atoms with Crippen molar-refractivity contribution in [1.82, 2.24) is 10.2 Å². The number of hydrogen-bond donors (Lipinski definition) is 1. The fourth-order valence-electron chi connectivity index (χ4n) is 2.71. The lowest BCUT2D eigenvalue weighted by atomic mass is 10.1. The fraction of sp³-hybridized carbons (Fsp3) is 0.562. The van der Waals surface area contributed by atoms with Crippen molar-refractivity contribution in [2.75, 3.05) is 33.3 Å². The molecule has 0 atom stereocenters. The van der Waals surface area contributed by atoms with Crippen molar-refractivity contribution in [2.45, 2.75) is 25.4 Å². The number of benzene rings is 1. The van der Waals surface area contributed by atoms with Crippen LogP contribution in [-0.2, 0) is 16.0 Å². The average molecular weight is 321 g/mol. The zero-order valence-corrected chi connectivity index (χ0v) is 13.4. The molecule has 0 bridgehead atoms. The second kappa shape index (κ2) is 8.59. The molecular weight excluding hydrogens is 298 g/mol. The average Bonchev–Trinajstić information content (AvgIpc) is 2.56. The first-order valence-electron chi connectivity index (χ1n) is 7.83. The molecular formula is C16H23N3O4. The van der Waals surface area contributed by atoms with Crippen molar-refractivity contribution >= 4 is 11.6 Å². The Morgan fingerprint density at radius 2 is 2.00 bits per heavy atom. The summed E-state index contributed by atoms with van der Waals surface area (Å²) in [6.07, 6.45) is 2.67. The van der Waals surface area contributed by atoms with Crippen molar-refractivity contribution < 1.29 is 14.5 Å². The highest BCUT2D eigenvalue weighted by Gasteiger charge is 2.18. The first-order chi connectivity index (χ1) is 11.1. The summed E-state index contributed by atoms with van der Waals surface area (Å²) in [7, 11) is 1.75. The van der Waals surface area contributed by atoms with E-state index in [1.165, 1.54) is 12.1 Å². The minimum atomic E-state index is -0.448. The molecule has 1 aromatic carbocycles. The summed E-state index contributed by atoms with van der Waals surface area (Å²) in [6, 6.07) is 6.08. The Morgan fingerprint density at radius 3 is 2.57 bits per heavy atom. The van der Waals surface area contributed by atoms with Crippen LogP contribution in [0.25, 0.3) is 0 Å². The third kappa shape index (κ3) is 5.61. The first kappa shape index (κ1) is 17.4. The number of ether oxygens (including phenoxy) is 1. The summed E-state index contributed by atoms with van der Waals surface area (Å²) in [5.74, 6) is -0.0642. The van der Waals surface area contributed by atoms with Gasteiger partial charge in [0.05, 0.1) is 17.4 Å². The predicted molar refractivity (Wildman–Crippen MR) is 86.3 cm³/mol. The van der Waals surface area contributed by atoms with E-state index in [1.54, 1.807) is 19.2 Å². The number of carbonyl (C=O) groups is 1. The van der Waals surface area contributed by atoms with Crippen molar-refractivity contribution in [3.05, 3.63) is 39.9 Å². The van der Waals surface area contributed by atoms with Crippen molar-refractivity contribution in [3.8, 4) is 0 Å². The minimum Gasteiger partial charge on any atom is -0.381 e. The predicted octanol–water partition coefficient (Wildman–Crippen LogP) is 1.36. The van der Waals surface area contributed by atoms with Gasteiger partial charge < -0.3 is 15.0 Å². The van der Waals surface area contributed by atoms with Gasteiger partial charge in [-0.25, -0.2) is 0 Å². The molecule has 1 aliphatic heterocycles. The monoisotopic (exact) mass is 321 g/mol. The van der Waals surface area contributed by atoms with Crippen LogP contribution in [0.15, 0.2) is 24.3 Å². The lowest BCUT2D eigenvalue weighted by Gasteiger charge is -2.31. The zero-order chi connectivity index (χ0) is 16.7. The van der Waals surface area contributed by atoms with E-state index in [0.29, 0.717) is 12.6 Å². The smallest absolute Gasteiger partial charge is 0.269 e. The number of piperidine rings is 1. The van der Waals surface area contributed by atoms with E-state index >= 15 is 0 Å². The van der Waals surface area contributed by atoms with E-state index in [4.69, 9.17) is 4.74 Å². The Morgan fingerprint density at radius 1 is 1.35 bits per heavy atom. The Bertz CT molecular complexity index is 525. The maximum atomic E-state index is 11.9. The maximum Gasteiger partial charge on any atom is 0.269 e. The van der Waals surface area contributed by atoms with E-state index in [-0.39, 0.29) is 18.0 Å². The fourth-order valence-corrected chi connectivity index (χ4v) is 2.71. The van der Waals surface area contributed by atoms with E-state index in [0.717, 1.165) is 38.0 Å². The third-order valence-corrected chi connectivity index (χ3v) is 4.13. The summed E-state index contributed by atoms with van der Waals surface area (Å²) in [6.45, 7) is 3.44. The number of nitrogens with one attached hydrogen (secondary N) is 1. The molecule has 1 saturated heterocycles. The largest absolute Gasteiger partial charge is 0.381 e. The lowest BCUT2D eigenvalue weighted by Crippen LogP contribution is -2.41. The van der Waals surface area contributed by atoms with Gasteiger partial charge in [-0.2, -0.15) is 0 Å². The minimum absolute atomic E-state index is 0.0358. The van der Waals surface area contributed by atoms with Crippen LogP contribution in [0.2, 0.25) is 0 Å². The van der Waals surface area contributed by atoms with Gasteiger partial charge in [0, 0.05) is 45.4 Å². The Kier molecular flexibility index (Phi) is 6.49. The normalized spacial score (nSPS) is 16.2. The van der Waals surface area contributed by atoms with Gasteiger partial charge in [-0.3, -0.25) is 14.9 Å². The van der Waals surface area contributed by atoms with Crippen molar-refractivity contribution in [2.24, 2.45) is 0 Å². The van der Waals surface area contributed by atoms with Crippen molar-refractivity contribution in [3.63, 3.8) is 0 Å². The highest BCUT2D eigenvalue weighted by molar-refractivity contribution is 5.78. The first-order valence-corrected chi connectivity index (χ1v) is 7.83.